The third-order valence-electron chi connectivity index (χ3n) is 5.11. The van der Waals surface area contributed by atoms with E-state index in [4.69, 9.17) is 4.74 Å². The maximum Gasteiger partial charge on any atom is 0.337 e. The van der Waals surface area contributed by atoms with Crippen molar-refractivity contribution in [3.05, 3.63) is 77.4 Å². The van der Waals surface area contributed by atoms with Crippen LogP contribution in [0.3, 0.4) is 0 Å². The average Bonchev–Trinajstić information content (AvgIpc) is 2.81. The van der Waals surface area contributed by atoms with Crippen LogP contribution in [0.4, 0.5) is 0 Å². The molecule has 3 rings (SSSR count). The summed E-state index contributed by atoms with van der Waals surface area (Å²) in [6.07, 6.45) is 4.55. The first-order chi connectivity index (χ1) is 14.6. The number of esters is 2. The molecule has 1 saturated heterocycles. The Bertz CT molecular complexity index is 897. The summed E-state index contributed by atoms with van der Waals surface area (Å²) < 4.78 is 10.1. The molecule has 1 aliphatic rings. The third-order valence-corrected chi connectivity index (χ3v) is 5.11. The predicted octanol–water partition coefficient (Wildman–Crippen LogP) is 3.47. The molecule has 0 bridgehead atoms. The molecule has 0 atom stereocenters. The van der Waals surface area contributed by atoms with E-state index in [0.29, 0.717) is 31.5 Å². The zero-order chi connectivity index (χ0) is 21.3. The van der Waals surface area contributed by atoms with Gasteiger partial charge in [0.15, 0.2) is 0 Å². The van der Waals surface area contributed by atoms with Crippen LogP contribution in [0.5, 0.6) is 0 Å². The predicted molar refractivity (Wildman–Crippen MR) is 112 cm³/mol. The van der Waals surface area contributed by atoms with Crippen LogP contribution in [-0.2, 0) is 25.7 Å². The summed E-state index contributed by atoms with van der Waals surface area (Å²) in [5.41, 5.74) is 2.23. The highest BCUT2D eigenvalue weighted by Gasteiger charge is 2.27. The fraction of sp³-hybridized carbons (Fsp3) is 0.292. The lowest BCUT2D eigenvalue weighted by Crippen LogP contribution is -2.39. The van der Waals surface area contributed by atoms with Crippen molar-refractivity contribution in [3.63, 3.8) is 0 Å². The minimum atomic E-state index is -0.404. The molecule has 0 aliphatic carbocycles. The topological polar surface area (TPSA) is 72.9 Å². The van der Waals surface area contributed by atoms with Gasteiger partial charge in [0, 0.05) is 19.2 Å². The second-order valence-electron chi connectivity index (χ2n) is 7.14. The Labute approximate surface area is 176 Å². The molecule has 0 saturated carbocycles. The Kier molecular flexibility index (Phi) is 7.38. The number of rotatable bonds is 6. The summed E-state index contributed by atoms with van der Waals surface area (Å²) in [6.45, 7) is 1.22. The Morgan fingerprint density at radius 1 is 1.00 bits per heavy atom. The number of benzene rings is 2. The highest BCUT2D eigenvalue weighted by atomic mass is 16.5. The number of carbonyl (C=O) groups is 3. The Hall–Kier alpha value is -3.41. The van der Waals surface area contributed by atoms with Gasteiger partial charge in [-0.15, -0.1) is 0 Å². The lowest BCUT2D eigenvalue weighted by atomic mass is 9.97. The van der Waals surface area contributed by atoms with Crippen molar-refractivity contribution in [1.82, 2.24) is 4.90 Å². The maximum absolute atomic E-state index is 12.4. The van der Waals surface area contributed by atoms with Crippen molar-refractivity contribution in [2.24, 2.45) is 5.92 Å². The Balaban J connectivity index is 1.43. The molecule has 2 aromatic rings. The van der Waals surface area contributed by atoms with Gasteiger partial charge >= 0.3 is 11.9 Å². The number of likely N-dealkylation sites (tertiary alicyclic amines) is 1. The van der Waals surface area contributed by atoms with Gasteiger partial charge in [-0.3, -0.25) is 9.59 Å². The van der Waals surface area contributed by atoms with E-state index in [1.807, 2.05) is 30.3 Å². The summed E-state index contributed by atoms with van der Waals surface area (Å²) in [6, 6.07) is 16.4. The number of hydrogen-bond donors (Lipinski definition) is 0. The number of piperidine rings is 1. The monoisotopic (exact) mass is 407 g/mol. The SMILES string of the molecule is COC(=O)c1ccc(COC(=O)C2CCN(C(=O)/C=C/c3ccccc3)CC2)cc1. The highest BCUT2D eigenvalue weighted by molar-refractivity contribution is 5.92. The summed E-state index contributed by atoms with van der Waals surface area (Å²) in [5.74, 6) is -0.907. The lowest BCUT2D eigenvalue weighted by molar-refractivity contribution is -0.152. The minimum absolute atomic E-state index is 0.0450. The highest BCUT2D eigenvalue weighted by Crippen LogP contribution is 2.20. The van der Waals surface area contributed by atoms with Gasteiger partial charge in [-0.2, -0.15) is 0 Å². The van der Waals surface area contributed by atoms with Gasteiger partial charge < -0.3 is 14.4 Å². The molecule has 0 N–H and O–H groups in total. The molecular weight excluding hydrogens is 382 g/mol. The first kappa shape index (κ1) is 21.3. The van der Waals surface area contributed by atoms with Crippen LogP contribution in [0.1, 0.15) is 34.3 Å². The number of ether oxygens (including phenoxy) is 2. The number of methoxy groups -OCH3 is 1. The Morgan fingerprint density at radius 2 is 1.67 bits per heavy atom. The van der Waals surface area contributed by atoms with E-state index in [-0.39, 0.29) is 24.4 Å². The van der Waals surface area contributed by atoms with Crippen LogP contribution < -0.4 is 0 Å². The first-order valence-electron chi connectivity index (χ1n) is 9.93. The second kappa shape index (κ2) is 10.4. The molecule has 0 spiro atoms. The second-order valence-corrected chi connectivity index (χ2v) is 7.14. The zero-order valence-corrected chi connectivity index (χ0v) is 17.0. The molecule has 1 fully saturated rings. The fourth-order valence-electron chi connectivity index (χ4n) is 3.30. The standard InChI is InChI=1S/C24H25NO5/c1-29-23(27)20-10-7-19(8-11-20)17-30-24(28)21-13-15-25(16-14-21)22(26)12-9-18-5-3-2-4-6-18/h2-12,21H,13-17H2,1H3/b12-9+. The summed E-state index contributed by atoms with van der Waals surface area (Å²) in [4.78, 5) is 37.9. The van der Waals surface area contributed by atoms with E-state index in [0.717, 1.165) is 11.1 Å². The van der Waals surface area contributed by atoms with Crippen LogP contribution in [0, 0.1) is 5.92 Å². The van der Waals surface area contributed by atoms with Crippen molar-refractivity contribution >= 4 is 23.9 Å². The van der Waals surface area contributed by atoms with Crippen LogP contribution in [-0.4, -0.2) is 42.9 Å². The van der Waals surface area contributed by atoms with Gasteiger partial charge in [0.2, 0.25) is 5.91 Å². The molecule has 1 heterocycles. The molecule has 1 aliphatic heterocycles. The molecule has 2 aromatic carbocycles. The van der Waals surface area contributed by atoms with Crippen molar-refractivity contribution in [2.45, 2.75) is 19.4 Å². The average molecular weight is 407 g/mol. The minimum Gasteiger partial charge on any atom is -0.465 e. The van der Waals surface area contributed by atoms with Crippen LogP contribution in [0.15, 0.2) is 60.7 Å². The molecule has 6 heteroatoms. The van der Waals surface area contributed by atoms with Gasteiger partial charge in [-0.1, -0.05) is 42.5 Å². The van der Waals surface area contributed by atoms with Crippen LogP contribution in [0.25, 0.3) is 6.08 Å². The zero-order valence-electron chi connectivity index (χ0n) is 17.0. The summed E-state index contributed by atoms with van der Waals surface area (Å²) in [7, 11) is 1.33. The van der Waals surface area contributed by atoms with E-state index in [1.165, 1.54) is 7.11 Å². The fourth-order valence-corrected chi connectivity index (χ4v) is 3.30. The largest absolute Gasteiger partial charge is 0.465 e. The van der Waals surface area contributed by atoms with Gasteiger partial charge in [-0.05, 0) is 42.2 Å². The molecule has 1 amide bonds. The third kappa shape index (κ3) is 5.80. The normalized spacial score (nSPS) is 14.5. The molecule has 0 radical (unpaired) electrons. The van der Waals surface area contributed by atoms with E-state index in [9.17, 15) is 14.4 Å². The van der Waals surface area contributed by atoms with Crippen molar-refractivity contribution in [1.29, 1.82) is 0 Å². The smallest absolute Gasteiger partial charge is 0.337 e. The molecule has 0 unspecified atom stereocenters. The van der Waals surface area contributed by atoms with Gasteiger partial charge in [0.05, 0.1) is 18.6 Å². The van der Waals surface area contributed by atoms with E-state index >= 15 is 0 Å². The summed E-state index contributed by atoms with van der Waals surface area (Å²) in [5, 5.41) is 0. The Morgan fingerprint density at radius 3 is 2.30 bits per heavy atom. The van der Waals surface area contributed by atoms with Crippen LogP contribution in [0.2, 0.25) is 0 Å². The first-order valence-corrected chi connectivity index (χ1v) is 9.93. The number of nitrogens with zero attached hydrogens (tertiary/aromatic N) is 1. The number of carbonyl (C=O) groups excluding carboxylic acids is 3. The van der Waals surface area contributed by atoms with Gasteiger partial charge in [0.1, 0.15) is 6.61 Å². The molecule has 0 aromatic heterocycles. The quantitative estimate of drug-likeness (QED) is 0.542. The number of hydrogen-bond acceptors (Lipinski definition) is 5. The molecule has 30 heavy (non-hydrogen) atoms. The van der Waals surface area contributed by atoms with Crippen molar-refractivity contribution < 1.29 is 23.9 Å². The van der Waals surface area contributed by atoms with Gasteiger partial charge in [0.25, 0.3) is 0 Å². The van der Waals surface area contributed by atoms with Gasteiger partial charge in [-0.25, -0.2) is 4.79 Å². The van der Waals surface area contributed by atoms with Crippen LogP contribution >= 0.6 is 0 Å². The molecule has 6 nitrogen and oxygen atoms in total. The van der Waals surface area contributed by atoms with E-state index in [2.05, 4.69) is 4.74 Å². The molecular formula is C24H25NO5. The maximum atomic E-state index is 12.4. The summed E-state index contributed by atoms with van der Waals surface area (Å²) >= 11 is 0. The van der Waals surface area contributed by atoms with Crippen molar-refractivity contribution in [2.75, 3.05) is 20.2 Å². The number of amides is 1. The lowest BCUT2D eigenvalue weighted by Gasteiger charge is -2.30. The van der Waals surface area contributed by atoms with Crippen molar-refractivity contribution in [3.8, 4) is 0 Å². The molecule has 156 valence electrons. The van der Waals surface area contributed by atoms with E-state index in [1.54, 1.807) is 41.3 Å². The van der Waals surface area contributed by atoms with E-state index < -0.39 is 5.97 Å².